The quantitative estimate of drug-likeness (QED) is 0.805. The molecule has 1 fully saturated rings. The average molecular weight is 329 g/mol. The summed E-state index contributed by atoms with van der Waals surface area (Å²) in [5, 5.41) is 0.594. The first-order valence-electron chi connectivity index (χ1n) is 7.23. The zero-order valence-electron chi connectivity index (χ0n) is 12.7. The van der Waals surface area contributed by atoms with Gasteiger partial charge in [-0.15, -0.1) is 0 Å². The second-order valence-electron chi connectivity index (χ2n) is 6.68. The van der Waals surface area contributed by atoms with Gasteiger partial charge < -0.3 is 10.6 Å². The lowest BCUT2D eigenvalue weighted by molar-refractivity contribution is 0.0635. The molecule has 0 atom stereocenters. The third-order valence-electron chi connectivity index (χ3n) is 4.46. The van der Waals surface area contributed by atoms with Crippen LogP contribution in [0.5, 0.6) is 0 Å². The van der Waals surface area contributed by atoms with Crippen LogP contribution in [0.4, 0.5) is 5.69 Å². The molecule has 116 valence electrons. The highest BCUT2D eigenvalue weighted by molar-refractivity contribution is 6.44. The molecule has 1 aliphatic carbocycles. The fourth-order valence-electron chi connectivity index (χ4n) is 2.89. The van der Waals surface area contributed by atoms with Crippen molar-refractivity contribution in [2.24, 2.45) is 5.41 Å². The maximum Gasteiger partial charge on any atom is 0.255 e. The Bertz CT molecular complexity index is 547. The predicted octanol–water partition coefficient (Wildman–Crippen LogP) is 4.62. The van der Waals surface area contributed by atoms with Gasteiger partial charge in [0.25, 0.3) is 5.91 Å². The van der Waals surface area contributed by atoms with Gasteiger partial charge in [-0.3, -0.25) is 4.79 Å². The number of rotatable bonds is 2. The van der Waals surface area contributed by atoms with E-state index in [1.54, 1.807) is 17.0 Å². The Hall–Kier alpha value is -0.930. The molecule has 0 unspecified atom stereocenters. The summed E-state index contributed by atoms with van der Waals surface area (Å²) in [6.07, 6.45) is 4.28. The van der Waals surface area contributed by atoms with Crippen LogP contribution < -0.4 is 5.73 Å². The molecule has 21 heavy (non-hydrogen) atoms. The van der Waals surface area contributed by atoms with Crippen LogP contribution >= 0.6 is 23.2 Å². The summed E-state index contributed by atoms with van der Waals surface area (Å²) in [5.41, 5.74) is 6.97. The molecule has 1 saturated carbocycles. The number of carbonyl (C=O) groups excluding carboxylic acids is 1. The van der Waals surface area contributed by atoms with E-state index < -0.39 is 0 Å². The van der Waals surface area contributed by atoms with E-state index in [2.05, 4.69) is 13.8 Å². The van der Waals surface area contributed by atoms with Crippen LogP contribution in [0, 0.1) is 5.41 Å². The maximum atomic E-state index is 12.7. The number of nitrogens with zero attached hydrogens (tertiary/aromatic N) is 1. The second-order valence-corrected chi connectivity index (χ2v) is 7.46. The highest BCUT2D eigenvalue weighted by atomic mass is 35.5. The van der Waals surface area contributed by atoms with Crippen LogP contribution in [-0.4, -0.2) is 23.9 Å². The van der Waals surface area contributed by atoms with Crippen molar-refractivity contribution < 1.29 is 4.79 Å². The van der Waals surface area contributed by atoms with Gasteiger partial charge in [-0.25, -0.2) is 0 Å². The maximum absolute atomic E-state index is 12.7. The standard InChI is InChI=1S/C16H22Cl2N2O/c1-16(2)6-4-11(5-7-16)20(3)15(21)12-8-10(19)9-13(17)14(12)18/h8-9,11H,4-7,19H2,1-3H3. The van der Waals surface area contributed by atoms with Crippen LogP contribution in [0.2, 0.25) is 10.0 Å². The molecule has 0 aliphatic heterocycles. The lowest BCUT2D eigenvalue weighted by atomic mass is 9.75. The summed E-state index contributed by atoms with van der Waals surface area (Å²) >= 11 is 12.2. The smallest absolute Gasteiger partial charge is 0.255 e. The van der Waals surface area contributed by atoms with Crippen molar-refractivity contribution in [3.8, 4) is 0 Å². The Morgan fingerprint density at radius 1 is 1.29 bits per heavy atom. The van der Waals surface area contributed by atoms with Crippen LogP contribution in [0.15, 0.2) is 12.1 Å². The minimum absolute atomic E-state index is 0.112. The van der Waals surface area contributed by atoms with E-state index in [1.807, 2.05) is 7.05 Å². The first-order chi connectivity index (χ1) is 9.71. The Labute approximate surface area is 136 Å². The van der Waals surface area contributed by atoms with Crippen LogP contribution in [0.3, 0.4) is 0 Å². The van der Waals surface area contributed by atoms with Crippen LogP contribution in [-0.2, 0) is 0 Å². The molecule has 1 aliphatic rings. The monoisotopic (exact) mass is 328 g/mol. The van der Waals surface area contributed by atoms with Gasteiger partial charge in [0, 0.05) is 18.8 Å². The summed E-state index contributed by atoms with van der Waals surface area (Å²) in [5.74, 6) is -0.112. The number of halogens is 2. The summed E-state index contributed by atoms with van der Waals surface area (Å²) in [4.78, 5) is 14.4. The van der Waals surface area contributed by atoms with E-state index in [4.69, 9.17) is 28.9 Å². The fraction of sp³-hybridized carbons (Fsp3) is 0.562. The normalized spacial score (nSPS) is 18.5. The van der Waals surface area contributed by atoms with Gasteiger partial charge in [-0.2, -0.15) is 0 Å². The first kappa shape index (κ1) is 16.4. The van der Waals surface area contributed by atoms with Gasteiger partial charge in [0.2, 0.25) is 0 Å². The highest BCUT2D eigenvalue weighted by Crippen LogP contribution is 2.37. The average Bonchev–Trinajstić information content (AvgIpc) is 2.41. The summed E-state index contributed by atoms with van der Waals surface area (Å²) in [7, 11) is 1.83. The zero-order chi connectivity index (χ0) is 15.8. The van der Waals surface area contributed by atoms with Crippen molar-refractivity contribution in [1.82, 2.24) is 4.90 Å². The van der Waals surface area contributed by atoms with Crippen LogP contribution in [0.25, 0.3) is 0 Å². The minimum Gasteiger partial charge on any atom is -0.399 e. The number of hydrogen-bond donors (Lipinski definition) is 1. The van der Waals surface area contributed by atoms with Gasteiger partial charge >= 0.3 is 0 Å². The number of anilines is 1. The number of nitrogens with two attached hydrogens (primary N) is 1. The van der Waals surface area contributed by atoms with E-state index in [-0.39, 0.29) is 17.0 Å². The van der Waals surface area contributed by atoms with Crippen molar-refractivity contribution in [3.05, 3.63) is 27.7 Å². The van der Waals surface area contributed by atoms with E-state index in [9.17, 15) is 4.79 Å². The molecule has 5 heteroatoms. The van der Waals surface area contributed by atoms with Crippen LogP contribution in [0.1, 0.15) is 49.9 Å². The Morgan fingerprint density at radius 2 is 1.86 bits per heavy atom. The highest BCUT2D eigenvalue weighted by Gasteiger charge is 2.31. The number of amides is 1. The molecule has 1 aromatic rings. The summed E-state index contributed by atoms with van der Waals surface area (Å²) in [6.45, 7) is 4.55. The lowest BCUT2D eigenvalue weighted by Crippen LogP contribution is -2.41. The van der Waals surface area contributed by atoms with Crippen molar-refractivity contribution in [3.63, 3.8) is 0 Å². The zero-order valence-corrected chi connectivity index (χ0v) is 14.3. The molecule has 0 radical (unpaired) electrons. The van der Waals surface area contributed by atoms with Crippen molar-refractivity contribution in [2.45, 2.75) is 45.6 Å². The Morgan fingerprint density at radius 3 is 2.43 bits per heavy atom. The SMILES string of the molecule is CN(C(=O)c1cc(N)cc(Cl)c1Cl)C1CCC(C)(C)CC1. The molecule has 0 heterocycles. The molecule has 3 nitrogen and oxygen atoms in total. The number of benzene rings is 1. The minimum atomic E-state index is -0.112. The van der Waals surface area contributed by atoms with E-state index in [0.717, 1.165) is 25.7 Å². The molecule has 1 amide bonds. The third-order valence-corrected chi connectivity index (χ3v) is 5.26. The molecule has 0 bridgehead atoms. The number of nitrogen functional groups attached to an aromatic ring is 1. The summed E-state index contributed by atoms with van der Waals surface area (Å²) in [6, 6.07) is 3.41. The van der Waals surface area contributed by atoms with E-state index >= 15 is 0 Å². The van der Waals surface area contributed by atoms with E-state index in [0.29, 0.717) is 21.7 Å². The van der Waals surface area contributed by atoms with Gasteiger partial charge in [0.1, 0.15) is 0 Å². The van der Waals surface area contributed by atoms with Gasteiger partial charge in [-0.1, -0.05) is 37.0 Å². The largest absolute Gasteiger partial charge is 0.399 e. The second kappa shape index (κ2) is 6.05. The topological polar surface area (TPSA) is 46.3 Å². The molecule has 0 spiro atoms. The van der Waals surface area contributed by atoms with Gasteiger partial charge in [-0.05, 0) is 43.2 Å². The van der Waals surface area contributed by atoms with Crippen molar-refractivity contribution in [1.29, 1.82) is 0 Å². The first-order valence-corrected chi connectivity index (χ1v) is 7.98. The fourth-order valence-corrected chi connectivity index (χ4v) is 3.31. The molecule has 2 rings (SSSR count). The number of hydrogen-bond acceptors (Lipinski definition) is 2. The molecule has 1 aromatic carbocycles. The lowest BCUT2D eigenvalue weighted by Gasteiger charge is -2.38. The van der Waals surface area contributed by atoms with Crippen molar-refractivity contribution >= 4 is 34.8 Å². The van der Waals surface area contributed by atoms with E-state index in [1.165, 1.54) is 0 Å². The van der Waals surface area contributed by atoms with Gasteiger partial charge in [0.05, 0.1) is 15.6 Å². The molecular formula is C16H22Cl2N2O. The number of carbonyl (C=O) groups is 1. The van der Waals surface area contributed by atoms with Gasteiger partial charge in [0.15, 0.2) is 0 Å². The third kappa shape index (κ3) is 3.64. The molecular weight excluding hydrogens is 307 g/mol. The van der Waals surface area contributed by atoms with Crippen molar-refractivity contribution in [2.75, 3.05) is 12.8 Å². The Balaban J connectivity index is 2.17. The summed E-state index contributed by atoms with van der Waals surface area (Å²) < 4.78 is 0. The Kier molecular flexibility index (Phi) is 4.74. The molecule has 2 N–H and O–H groups in total. The molecule has 0 aromatic heterocycles. The predicted molar refractivity (Wildman–Crippen MR) is 89.0 cm³/mol. The molecule has 0 saturated heterocycles.